The fourth-order valence-electron chi connectivity index (χ4n) is 2.57. The van der Waals surface area contributed by atoms with Crippen molar-refractivity contribution in [3.63, 3.8) is 0 Å². The Kier molecular flexibility index (Phi) is 3.69. The number of para-hydroxylation sites is 1. The van der Waals surface area contributed by atoms with Gasteiger partial charge in [0.25, 0.3) is 0 Å². The molecule has 1 aromatic carbocycles. The SMILES string of the molecule is CNC1CCOC(C)(c2ccccc2OC)C1. The van der Waals surface area contributed by atoms with Crippen LogP contribution in [0.25, 0.3) is 0 Å². The summed E-state index contributed by atoms with van der Waals surface area (Å²) in [6.45, 7) is 2.94. The summed E-state index contributed by atoms with van der Waals surface area (Å²) in [7, 11) is 3.72. The third-order valence-corrected chi connectivity index (χ3v) is 3.61. The molecule has 0 saturated carbocycles. The summed E-state index contributed by atoms with van der Waals surface area (Å²) >= 11 is 0. The molecular formula is C14H21NO2. The first-order valence-electron chi connectivity index (χ1n) is 6.14. The maximum atomic E-state index is 6.01. The van der Waals surface area contributed by atoms with Gasteiger partial charge >= 0.3 is 0 Å². The largest absolute Gasteiger partial charge is 0.496 e. The highest BCUT2D eigenvalue weighted by atomic mass is 16.5. The molecule has 0 amide bonds. The van der Waals surface area contributed by atoms with Crippen molar-refractivity contribution in [3.8, 4) is 5.75 Å². The van der Waals surface area contributed by atoms with Gasteiger partial charge in [-0.25, -0.2) is 0 Å². The third-order valence-electron chi connectivity index (χ3n) is 3.61. The molecule has 1 aliphatic heterocycles. The van der Waals surface area contributed by atoms with E-state index in [9.17, 15) is 0 Å². The molecule has 2 unspecified atom stereocenters. The molecule has 1 aliphatic rings. The molecular weight excluding hydrogens is 214 g/mol. The zero-order valence-corrected chi connectivity index (χ0v) is 10.8. The number of nitrogens with one attached hydrogen (secondary N) is 1. The molecule has 3 heteroatoms. The Balaban J connectivity index is 2.30. The van der Waals surface area contributed by atoms with Gasteiger partial charge in [0.1, 0.15) is 5.75 Å². The van der Waals surface area contributed by atoms with Crippen LogP contribution >= 0.6 is 0 Å². The maximum Gasteiger partial charge on any atom is 0.124 e. The fourth-order valence-corrected chi connectivity index (χ4v) is 2.57. The highest BCUT2D eigenvalue weighted by Crippen LogP contribution is 2.39. The number of rotatable bonds is 3. The van der Waals surface area contributed by atoms with E-state index in [1.807, 2.05) is 25.2 Å². The normalized spacial score (nSPS) is 29.0. The molecule has 1 N–H and O–H groups in total. The van der Waals surface area contributed by atoms with Crippen molar-refractivity contribution in [3.05, 3.63) is 29.8 Å². The molecule has 1 aromatic rings. The van der Waals surface area contributed by atoms with E-state index in [2.05, 4.69) is 18.3 Å². The number of hydrogen-bond acceptors (Lipinski definition) is 3. The molecule has 0 spiro atoms. The number of hydrogen-bond donors (Lipinski definition) is 1. The summed E-state index contributed by atoms with van der Waals surface area (Å²) in [5, 5.41) is 3.35. The second-order valence-electron chi connectivity index (χ2n) is 4.76. The summed E-state index contributed by atoms with van der Waals surface area (Å²) in [5.41, 5.74) is 0.890. The second kappa shape index (κ2) is 5.07. The lowest BCUT2D eigenvalue weighted by Crippen LogP contribution is -2.42. The quantitative estimate of drug-likeness (QED) is 0.872. The molecule has 94 valence electrons. The first-order chi connectivity index (χ1) is 8.19. The van der Waals surface area contributed by atoms with Crippen LogP contribution in [0.1, 0.15) is 25.3 Å². The van der Waals surface area contributed by atoms with Crippen LogP contribution in [0.15, 0.2) is 24.3 Å². The minimum absolute atomic E-state index is 0.251. The summed E-state index contributed by atoms with van der Waals surface area (Å²) < 4.78 is 11.4. The van der Waals surface area contributed by atoms with Crippen molar-refractivity contribution < 1.29 is 9.47 Å². The van der Waals surface area contributed by atoms with Crippen molar-refractivity contribution in [1.82, 2.24) is 5.32 Å². The molecule has 1 saturated heterocycles. The van der Waals surface area contributed by atoms with Gasteiger partial charge in [0, 0.05) is 18.2 Å². The monoisotopic (exact) mass is 235 g/mol. The van der Waals surface area contributed by atoms with Crippen molar-refractivity contribution in [2.24, 2.45) is 0 Å². The average Bonchev–Trinajstić information content (AvgIpc) is 2.38. The third kappa shape index (κ3) is 2.45. The van der Waals surface area contributed by atoms with Crippen LogP contribution in [0.3, 0.4) is 0 Å². The van der Waals surface area contributed by atoms with Crippen molar-refractivity contribution in [1.29, 1.82) is 0 Å². The van der Waals surface area contributed by atoms with Gasteiger partial charge in [-0.15, -0.1) is 0 Å². The van der Waals surface area contributed by atoms with Crippen LogP contribution in [0.2, 0.25) is 0 Å². The molecule has 2 rings (SSSR count). The molecule has 0 aliphatic carbocycles. The summed E-state index contributed by atoms with van der Waals surface area (Å²) in [6.07, 6.45) is 2.05. The van der Waals surface area contributed by atoms with Gasteiger partial charge in [0.2, 0.25) is 0 Å². The predicted octanol–water partition coefficient (Wildman–Crippen LogP) is 2.31. The molecule has 3 nitrogen and oxygen atoms in total. The maximum absolute atomic E-state index is 6.01. The van der Waals surface area contributed by atoms with E-state index >= 15 is 0 Å². The first kappa shape index (κ1) is 12.4. The van der Waals surface area contributed by atoms with E-state index in [-0.39, 0.29) is 5.60 Å². The minimum Gasteiger partial charge on any atom is -0.496 e. The Hall–Kier alpha value is -1.06. The Morgan fingerprint density at radius 3 is 2.88 bits per heavy atom. The molecule has 17 heavy (non-hydrogen) atoms. The lowest BCUT2D eigenvalue weighted by molar-refractivity contribution is -0.0814. The van der Waals surface area contributed by atoms with E-state index in [1.54, 1.807) is 7.11 Å². The van der Waals surface area contributed by atoms with Crippen LogP contribution in [-0.2, 0) is 10.3 Å². The smallest absolute Gasteiger partial charge is 0.124 e. The Morgan fingerprint density at radius 1 is 1.41 bits per heavy atom. The van der Waals surface area contributed by atoms with Gasteiger partial charge in [0.15, 0.2) is 0 Å². The minimum atomic E-state index is -0.251. The topological polar surface area (TPSA) is 30.5 Å². The highest BCUT2D eigenvalue weighted by Gasteiger charge is 2.36. The molecule has 0 aromatic heterocycles. The summed E-state index contributed by atoms with van der Waals surface area (Å²) in [6, 6.07) is 8.63. The van der Waals surface area contributed by atoms with E-state index < -0.39 is 0 Å². The number of benzene rings is 1. The Bertz CT molecular complexity index is 380. The highest BCUT2D eigenvalue weighted by molar-refractivity contribution is 5.38. The van der Waals surface area contributed by atoms with E-state index in [1.165, 1.54) is 0 Å². The van der Waals surface area contributed by atoms with Crippen LogP contribution in [0.4, 0.5) is 0 Å². The lowest BCUT2D eigenvalue weighted by atomic mass is 9.85. The summed E-state index contributed by atoms with van der Waals surface area (Å²) in [5.74, 6) is 0.909. The molecule has 1 heterocycles. The average molecular weight is 235 g/mol. The van der Waals surface area contributed by atoms with Crippen molar-refractivity contribution in [2.75, 3.05) is 20.8 Å². The number of ether oxygens (including phenoxy) is 2. The van der Waals surface area contributed by atoms with Crippen LogP contribution in [0.5, 0.6) is 5.75 Å². The predicted molar refractivity (Wildman–Crippen MR) is 68.4 cm³/mol. The molecule has 2 atom stereocenters. The van der Waals surface area contributed by atoms with Gasteiger partial charge in [-0.2, -0.15) is 0 Å². The van der Waals surface area contributed by atoms with Gasteiger partial charge in [-0.3, -0.25) is 0 Å². The van der Waals surface area contributed by atoms with E-state index in [0.717, 1.165) is 30.8 Å². The van der Waals surface area contributed by atoms with Gasteiger partial charge in [-0.05, 0) is 32.9 Å². The fraction of sp³-hybridized carbons (Fsp3) is 0.571. The Labute approximate surface area is 103 Å². The zero-order valence-electron chi connectivity index (χ0n) is 10.8. The van der Waals surface area contributed by atoms with Crippen molar-refractivity contribution in [2.45, 2.75) is 31.4 Å². The van der Waals surface area contributed by atoms with Gasteiger partial charge in [-0.1, -0.05) is 18.2 Å². The van der Waals surface area contributed by atoms with Crippen molar-refractivity contribution >= 4 is 0 Å². The van der Waals surface area contributed by atoms with Gasteiger partial charge in [0.05, 0.1) is 12.7 Å². The lowest BCUT2D eigenvalue weighted by Gasteiger charge is -2.39. The summed E-state index contributed by atoms with van der Waals surface area (Å²) in [4.78, 5) is 0. The molecule has 0 bridgehead atoms. The van der Waals surface area contributed by atoms with Crippen LogP contribution in [0, 0.1) is 0 Å². The van der Waals surface area contributed by atoms with E-state index in [0.29, 0.717) is 6.04 Å². The molecule has 1 fully saturated rings. The van der Waals surface area contributed by atoms with Crippen LogP contribution < -0.4 is 10.1 Å². The first-order valence-corrected chi connectivity index (χ1v) is 6.14. The standard InChI is InChI=1S/C14H21NO2/c1-14(10-11(15-2)8-9-17-14)12-6-4-5-7-13(12)16-3/h4-7,11,15H,8-10H2,1-3H3. The molecule has 0 radical (unpaired) electrons. The van der Waals surface area contributed by atoms with E-state index in [4.69, 9.17) is 9.47 Å². The zero-order chi connectivity index (χ0) is 12.3. The number of methoxy groups -OCH3 is 1. The van der Waals surface area contributed by atoms with Gasteiger partial charge < -0.3 is 14.8 Å². The van der Waals surface area contributed by atoms with Crippen LogP contribution in [-0.4, -0.2) is 26.8 Å². The second-order valence-corrected chi connectivity index (χ2v) is 4.76. The Morgan fingerprint density at radius 2 is 2.18 bits per heavy atom.